The predicted molar refractivity (Wildman–Crippen MR) is 105 cm³/mol. The molecule has 1 aromatic carbocycles. The van der Waals surface area contributed by atoms with E-state index in [1.54, 1.807) is 19.1 Å². The lowest BCUT2D eigenvalue weighted by Gasteiger charge is -2.26. The van der Waals surface area contributed by atoms with Crippen molar-refractivity contribution < 1.29 is 17.9 Å². The number of rotatable bonds is 9. The lowest BCUT2D eigenvalue weighted by molar-refractivity contribution is 0.0376. The Kier molecular flexibility index (Phi) is 8.22. The zero-order chi connectivity index (χ0) is 19.9. The minimum Gasteiger partial charge on any atom is -0.379 e. The third-order valence-electron chi connectivity index (χ3n) is 4.48. The number of aryl methyl sites for hydroxylation is 1. The lowest BCUT2D eigenvalue weighted by Crippen LogP contribution is -2.38. The molecular formula is C19H31N3O4S. The Bertz CT molecular complexity index is 728. The van der Waals surface area contributed by atoms with Gasteiger partial charge in [0.2, 0.25) is 10.0 Å². The normalized spacial score (nSPS) is 15.9. The van der Waals surface area contributed by atoms with Crippen LogP contribution in [-0.2, 0) is 14.8 Å². The van der Waals surface area contributed by atoms with Crippen molar-refractivity contribution in [3.05, 3.63) is 29.3 Å². The van der Waals surface area contributed by atoms with Gasteiger partial charge in [0, 0.05) is 31.7 Å². The molecule has 7 nitrogen and oxygen atoms in total. The van der Waals surface area contributed by atoms with Gasteiger partial charge in [-0.2, -0.15) is 0 Å². The second-order valence-corrected chi connectivity index (χ2v) is 9.05. The van der Waals surface area contributed by atoms with Crippen LogP contribution >= 0.6 is 0 Å². The molecule has 0 spiro atoms. The molecule has 0 atom stereocenters. The third-order valence-corrected chi connectivity index (χ3v) is 5.94. The summed E-state index contributed by atoms with van der Waals surface area (Å²) in [6.45, 7) is 10.8. The standard InChI is InChI=1S/C19H31N3O4S/c1-15(2)14-20-19(23)18-13-17(6-5-16(18)3)27(24,25)21-7-4-8-22-9-11-26-12-10-22/h5-6,13,15,21H,4,7-12,14H2,1-3H3,(H,20,23). The fourth-order valence-corrected chi connectivity index (χ4v) is 3.92. The Balaban J connectivity index is 1.94. The van der Waals surface area contributed by atoms with Gasteiger partial charge < -0.3 is 10.1 Å². The molecule has 1 amide bonds. The average Bonchev–Trinajstić information content (AvgIpc) is 2.64. The second kappa shape index (κ2) is 10.2. The van der Waals surface area contributed by atoms with Crippen LogP contribution in [-0.4, -0.2) is 65.2 Å². The summed E-state index contributed by atoms with van der Waals surface area (Å²) in [5.74, 6) is 0.0832. The summed E-state index contributed by atoms with van der Waals surface area (Å²) in [7, 11) is -3.64. The summed E-state index contributed by atoms with van der Waals surface area (Å²) in [5, 5.41) is 2.84. The summed E-state index contributed by atoms with van der Waals surface area (Å²) in [6.07, 6.45) is 0.729. The first-order valence-electron chi connectivity index (χ1n) is 9.48. The molecule has 0 aliphatic carbocycles. The van der Waals surface area contributed by atoms with E-state index in [-0.39, 0.29) is 10.8 Å². The van der Waals surface area contributed by atoms with Crippen LogP contribution in [0.4, 0.5) is 0 Å². The Morgan fingerprint density at radius 1 is 1.26 bits per heavy atom. The van der Waals surface area contributed by atoms with Gasteiger partial charge in [0.1, 0.15) is 0 Å². The number of sulfonamides is 1. The van der Waals surface area contributed by atoms with Crippen molar-refractivity contribution in [1.29, 1.82) is 0 Å². The first kappa shape index (κ1) is 21.8. The molecule has 1 aliphatic rings. The topological polar surface area (TPSA) is 87.7 Å². The Morgan fingerprint density at radius 2 is 1.96 bits per heavy atom. The van der Waals surface area contributed by atoms with Crippen molar-refractivity contribution in [2.24, 2.45) is 5.92 Å². The maximum Gasteiger partial charge on any atom is 0.251 e. The molecule has 8 heteroatoms. The van der Waals surface area contributed by atoms with E-state index in [9.17, 15) is 13.2 Å². The molecule has 27 heavy (non-hydrogen) atoms. The molecule has 0 radical (unpaired) electrons. The van der Waals surface area contributed by atoms with E-state index in [0.717, 1.165) is 44.8 Å². The van der Waals surface area contributed by atoms with Gasteiger partial charge in [0.05, 0.1) is 18.1 Å². The number of benzene rings is 1. The average molecular weight is 398 g/mol. The summed E-state index contributed by atoms with van der Waals surface area (Å²) in [5.41, 5.74) is 1.15. The number of carbonyl (C=O) groups excluding carboxylic acids is 1. The minimum atomic E-state index is -3.64. The molecule has 0 saturated carbocycles. The van der Waals surface area contributed by atoms with Crippen LogP contribution in [0.5, 0.6) is 0 Å². The van der Waals surface area contributed by atoms with Crippen LogP contribution in [0.3, 0.4) is 0 Å². The van der Waals surface area contributed by atoms with Crippen molar-refractivity contribution >= 4 is 15.9 Å². The van der Waals surface area contributed by atoms with Crippen LogP contribution < -0.4 is 10.0 Å². The van der Waals surface area contributed by atoms with Crippen LogP contribution in [0, 0.1) is 12.8 Å². The largest absolute Gasteiger partial charge is 0.379 e. The van der Waals surface area contributed by atoms with E-state index in [0.29, 0.717) is 24.6 Å². The summed E-state index contributed by atoms with van der Waals surface area (Å²) in [4.78, 5) is 14.7. The van der Waals surface area contributed by atoms with Crippen molar-refractivity contribution in [2.75, 3.05) is 45.9 Å². The maximum atomic E-state index is 12.6. The highest BCUT2D eigenvalue weighted by atomic mass is 32.2. The molecule has 152 valence electrons. The molecule has 1 aromatic rings. The minimum absolute atomic E-state index is 0.120. The van der Waals surface area contributed by atoms with E-state index in [2.05, 4.69) is 14.9 Å². The number of hydrogen-bond donors (Lipinski definition) is 2. The first-order valence-corrected chi connectivity index (χ1v) is 11.0. The van der Waals surface area contributed by atoms with E-state index in [1.807, 2.05) is 13.8 Å². The Hall–Kier alpha value is -1.48. The van der Waals surface area contributed by atoms with Crippen molar-refractivity contribution in [3.63, 3.8) is 0 Å². The van der Waals surface area contributed by atoms with Gasteiger partial charge in [-0.3, -0.25) is 9.69 Å². The molecule has 1 aliphatic heterocycles. The predicted octanol–water partition coefficient (Wildman–Crippen LogP) is 1.38. The Labute approximate surface area is 162 Å². The quantitative estimate of drug-likeness (QED) is 0.615. The molecule has 1 fully saturated rings. The molecule has 0 aromatic heterocycles. The highest BCUT2D eigenvalue weighted by Crippen LogP contribution is 2.16. The van der Waals surface area contributed by atoms with Crippen molar-refractivity contribution in [2.45, 2.75) is 32.1 Å². The van der Waals surface area contributed by atoms with E-state index in [1.165, 1.54) is 6.07 Å². The van der Waals surface area contributed by atoms with Gasteiger partial charge >= 0.3 is 0 Å². The van der Waals surface area contributed by atoms with Crippen LogP contribution in [0.1, 0.15) is 36.2 Å². The first-order chi connectivity index (χ1) is 12.8. The lowest BCUT2D eigenvalue weighted by atomic mass is 10.1. The van der Waals surface area contributed by atoms with Gasteiger partial charge in [-0.05, 0) is 43.5 Å². The van der Waals surface area contributed by atoms with E-state index < -0.39 is 10.0 Å². The molecule has 2 N–H and O–H groups in total. The Morgan fingerprint density at radius 3 is 2.63 bits per heavy atom. The highest BCUT2D eigenvalue weighted by Gasteiger charge is 2.18. The number of ether oxygens (including phenoxy) is 1. The van der Waals surface area contributed by atoms with E-state index >= 15 is 0 Å². The molecular weight excluding hydrogens is 366 g/mol. The van der Waals surface area contributed by atoms with Crippen LogP contribution in [0.25, 0.3) is 0 Å². The third kappa shape index (κ3) is 6.88. The fraction of sp³-hybridized carbons (Fsp3) is 0.632. The van der Waals surface area contributed by atoms with E-state index in [4.69, 9.17) is 4.74 Å². The molecule has 0 bridgehead atoms. The van der Waals surface area contributed by atoms with Crippen molar-refractivity contribution in [1.82, 2.24) is 14.9 Å². The number of amides is 1. The zero-order valence-corrected chi connectivity index (χ0v) is 17.3. The van der Waals surface area contributed by atoms with Crippen LogP contribution in [0.15, 0.2) is 23.1 Å². The fourth-order valence-electron chi connectivity index (χ4n) is 2.82. The number of nitrogens with one attached hydrogen (secondary N) is 2. The van der Waals surface area contributed by atoms with Gasteiger partial charge in [0.15, 0.2) is 0 Å². The molecule has 0 unspecified atom stereocenters. The van der Waals surface area contributed by atoms with Gasteiger partial charge in [-0.1, -0.05) is 19.9 Å². The summed E-state index contributed by atoms with van der Waals surface area (Å²) in [6, 6.07) is 4.67. The maximum absolute atomic E-state index is 12.6. The number of nitrogens with zero attached hydrogens (tertiary/aromatic N) is 1. The van der Waals surface area contributed by atoms with Crippen LogP contribution in [0.2, 0.25) is 0 Å². The summed E-state index contributed by atoms with van der Waals surface area (Å²) < 4.78 is 33.1. The smallest absolute Gasteiger partial charge is 0.251 e. The number of carbonyl (C=O) groups is 1. The SMILES string of the molecule is Cc1ccc(S(=O)(=O)NCCCN2CCOCC2)cc1C(=O)NCC(C)C. The number of hydrogen-bond acceptors (Lipinski definition) is 5. The number of morpholine rings is 1. The summed E-state index contributed by atoms with van der Waals surface area (Å²) >= 11 is 0. The monoisotopic (exact) mass is 397 g/mol. The molecule has 2 rings (SSSR count). The van der Waals surface area contributed by atoms with Gasteiger partial charge in [-0.25, -0.2) is 13.1 Å². The zero-order valence-electron chi connectivity index (χ0n) is 16.5. The second-order valence-electron chi connectivity index (χ2n) is 7.29. The van der Waals surface area contributed by atoms with Gasteiger partial charge in [-0.15, -0.1) is 0 Å². The van der Waals surface area contributed by atoms with Gasteiger partial charge in [0.25, 0.3) is 5.91 Å². The molecule has 1 heterocycles. The highest BCUT2D eigenvalue weighted by molar-refractivity contribution is 7.89. The molecule has 1 saturated heterocycles. The van der Waals surface area contributed by atoms with Crippen molar-refractivity contribution in [3.8, 4) is 0 Å².